The van der Waals surface area contributed by atoms with Gasteiger partial charge in [0.1, 0.15) is 17.5 Å². The molecule has 0 aliphatic carbocycles. The average molecular weight is 209 g/mol. The fourth-order valence-corrected chi connectivity index (χ4v) is 1.42. The molecule has 0 fully saturated rings. The van der Waals surface area contributed by atoms with Crippen molar-refractivity contribution in [3.05, 3.63) is 41.6 Å². The van der Waals surface area contributed by atoms with Crippen LogP contribution in [0.25, 0.3) is 5.69 Å². The highest BCUT2D eigenvalue weighted by Gasteiger charge is 2.06. The molecule has 0 amide bonds. The molecule has 1 aromatic heterocycles. The molecule has 0 radical (unpaired) electrons. The number of hydrogen-bond donors (Lipinski definition) is 1. The predicted octanol–water partition coefficient (Wildman–Crippen LogP) is 2.04. The van der Waals surface area contributed by atoms with Gasteiger partial charge in [-0.15, -0.1) is 0 Å². The molecule has 0 saturated heterocycles. The summed E-state index contributed by atoms with van der Waals surface area (Å²) in [5, 5.41) is 3.92. The van der Waals surface area contributed by atoms with Gasteiger partial charge in [-0.2, -0.15) is 5.10 Å². The van der Waals surface area contributed by atoms with Gasteiger partial charge in [-0.25, -0.2) is 13.5 Å². The number of aryl methyl sites for hydroxylation is 1. The summed E-state index contributed by atoms with van der Waals surface area (Å²) in [7, 11) is 0. The molecular formula is C10H9F2N3. The normalized spacial score (nSPS) is 10.6. The van der Waals surface area contributed by atoms with Crippen LogP contribution in [0.4, 0.5) is 14.6 Å². The summed E-state index contributed by atoms with van der Waals surface area (Å²) >= 11 is 0. The van der Waals surface area contributed by atoms with E-state index in [1.54, 1.807) is 13.0 Å². The van der Waals surface area contributed by atoms with Crippen molar-refractivity contribution >= 4 is 5.82 Å². The van der Waals surface area contributed by atoms with Gasteiger partial charge >= 0.3 is 0 Å². The van der Waals surface area contributed by atoms with Gasteiger partial charge < -0.3 is 5.73 Å². The van der Waals surface area contributed by atoms with E-state index >= 15 is 0 Å². The maximum absolute atomic E-state index is 12.9. The van der Waals surface area contributed by atoms with Crippen LogP contribution in [0.2, 0.25) is 0 Å². The van der Waals surface area contributed by atoms with E-state index < -0.39 is 11.6 Å². The number of halogens is 2. The third kappa shape index (κ3) is 1.81. The Morgan fingerprint density at radius 3 is 2.20 bits per heavy atom. The van der Waals surface area contributed by atoms with E-state index in [4.69, 9.17) is 5.73 Å². The van der Waals surface area contributed by atoms with E-state index in [-0.39, 0.29) is 0 Å². The van der Waals surface area contributed by atoms with Crippen molar-refractivity contribution in [1.82, 2.24) is 9.78 Å². The highest BCUT2D eigenvalue weighted by Crippen LogP contribution is 2.15. The molecular weight excluding hydrogens is 200 g/mol. The Hall–Kier alpha value is -1.91. The van der Waals surface area contributed by atoms with Crippen molar-refractivity contribution in [2.45, 2.75) is 6.92 Å². The van der Waals surface area contributed by atoms with Gasteiger partial charge in [0.05, 0.1) is 5.69 Å². The third-order valence-electron chi connectivity index (χ3n) is 2.00. The second kappa shape index (κ2) is 3.34. The monoisotopic (exact) mass is 209 g/mol. The molecule has 1 aromatic carbocycles. The average Bonchev–Trinajstić information content (AvgIpc) is 2.43. The first kappa shape index (κ1) is 9.64. The van der Waals surface area contributed by atoms with Crippen molar-refractivity contribution in [3.63, 3.8) is 0 Å². The number of benzene rings is 1. The molecule has 2 rings (SSSR count). The maximum atomic E-state index is 12.9. The molecule has 78 valence electrons. The van der Waals surface area contributed by atoms with Crippen LogP contribution in [0.15, 0.2) is 24.3 Å². The molecule has 1 heterocycles. The van der Waals surface area contributed by atoms with E-state index in [0.29, 0.717) is 11.5 Å². The molecule has 0 bridgehead atoms. The van der Waals surface area contributed by atoms with Crippen LogP contribution in [0.1, 0.15) is 5.69 Å². The lowest BCUT2D eigenvalue weighted by Crippen LogP contribution is -2.00. The first-order chi connectivity index (χ1) is 7.06. The Morgan fingerprint density at radius 1 is 1.13 bits per heavy atom. The van der Waals surface area contributed by atoms with E-state index in [2.05, 4.69) is 5.10 Å². The summed E-state index contributed by atoms with van der Waals surface area (Å²) in [5.41, 5.74) is 6.51. The Kier molecular flexibility index (Phi) is 2.15. The lowest BCUT2D eigenvalue weighted by atomic mass is 10.3. The quantitative estimate of drug-likeness (QED) is 0.781. The first-order valence-electron chi connectivity index (χ1n) is 4.35. The van der Waals surface area contributed by atoms with Crippen molar-refractivity contribution in [2.24, 2.45) is 0 Å². The topological polar surface area (TPSA) is 43.8 Å². The lowest BCUT2D eigenvalue weighted by Gasteiger charge is -2.04. The van der Waals surface area contributed by atoms with Crippen LogP contribution in [-0.4, -0.2) is 9.78 Å². The molecule has 5 heteroatoms. The molecule has 15 heavy (non-hydrogen) atoms. The number of anilines is 1. The Bertz CT molecular complexity index is 485. The molecule has 2 aromatic rings. The summed E-state index contributed by atoms with van der Waals surface area (Å²) in [6, 6.07) is 4.83. The van der Waals surface area contributed by atoms with Gasteiger partial charge in [-0.05, 0) is 19.1 Å². The maximum Gasteiger partial charge on any atom is 0.146 e. The molecule has 2 N–H and O–H groups in total. The zero-order valence-corrected chi connectivity index (χ0v) is 8.04. The van der Waals surface area contributed by atoms with E-state index in [1.165, 1.54) is 16.8 Å². The number of hydrogen-bond acceptors (Lipinski definition) is 2. The predicted molar refractivity (Wildman–Crippen MR) is 52.6 cm³/mol. The molecule has 0 saturated carbocycles. The zero-order chi connectivity index (χ0) is 11.0. The van der Waals surface area contributed by atoms with Crippen molar-refractivity contribution < 1.29 is 8.78 Å². The van der Waals surface area contributed by atoms with Gasteiger partial charge in [-0.3, -0.25) is 0 Å². The first-order valence-corrected chi connectivity index (χ1v) is 4.35. The molecule has 0 aliphatic heterocycles. The van der Waals surface area contributed by atoms with E-state index in [0.717, 1.165) is 11.8 Å². The highest BCUT2D eigenvalue weighted by atomic mass is 19.1. The minimum Gasteiger partial charge on any atom is -0.382 e. The van der Waals surface area contributed by atoms with Crippen molar-refractivity contribution in [2.75, 3.05) is 5.73 Å². The van der Waals surface area contributed by atoms with Crippen LogP contribution in [0, 0.1) is 18.6 Å². The van der Waals surface area contributed by atoms with Crippen LogP contribution in [0.5, 0.6) is 0 Å². The zero-order valence-electron chi connectivity index (χ0n) is 8.04. The standard InChI is InChI=1S/C10H9F2N3/c1-6-2-10(13)14-15(6)9-4-7(11)3-8(12)5-9/h2-5H,1H3,(H2,13,14). The van der Waals surface area contributed by atoms with Crippen LogP contribution >= 0.6 is 0 Å². The van der Waals surface area contributed by atoms with Crippen molar-refractivity contribution in [1.29, 1.82) is 0 Å². The number of nitrogens with zero attached hydrogens (tertiary/aromatic N) is 2. The SMILES string of the molecule is Cc1cc(N)nn1-c1cc(F)cc(F)c1. The van der Waals surface area contributed by atoms with Gasteiger partial charge in [0.15, 0.2) is 0 Å². The fraction of sp³-hybridized carbons (Fsp3) is 0.100. The van der Waals surface area contributed by atoms with Crippen molar-refractivity contribution in [3.8, 4) is 5.69 Å². The summed E-state index contributed by atoms with van der Waals surface area (Å²) in [4.78, 5) is 0. The molecule has 0 unspecified atom stereocenters. The van der Waals surface area contributed by atoms with Crippen LogP contribution in [-0.2, 0) is 0 Å². The molecule has 0 atom stereocenters. The molecule has 3 nitrogen and oxygen atoms in total. The second-order valence-corrected chi connectivity index (χ2v) is 3.25. The Morgan fingerprint density at radius 2 is 1.73 bits per heavy atom. The summed E-state index contributed by atoms with van der Waals surface area (Å²) in [6.45, 7) is 1.76. The third-order valence-corrected chi connectivity index (χ3v) is 2.00. The Labute approximate surface area is 85.1 Å². The van der Waals surface area contributed by atoms with E-state index in [9.17, 15) is 8.78 Å². The van der Waals surface area contributed by atoms with Crippen LogP contribution in [0.3, 0.4) is 0 Å². The Balaban J connectivity index is 2.58. The van der Waals surface area contributed by atoms with Gasteiger partial charge in [0.25, 0.3) is 0 Å². The number of nitrogen functional groups attached to an aromatic ring is 1. The largest absolute Gasteiger partial charge is 0.382 e. The minimum atomic E-state index is -0.640. The highest BCUT2D eigenvalue weighted by molar-refractivity contribution is 5.38. The summed E-state index contributed by atoms with van der Waals surface area (Å²) in [6.07, 6.45) is 0. The lowest BCUT2D eigenvalue weighted by molar-refractivity contribution is 0.580. The molecule has 0 spiro atoms. The van der Waals surface area contributed by atoms with Gasteiger partial charge in [0.2, 0.25) is 0 Å². The second-order valence-electron chi connectivity index (χ2n) is 3.25. The number of nitrogens with two attached hydrogens (primary N) is 1. The number of rotatable bonds is 1. The summed E-state index contributed by atoms with van der Waals surface area (Å²) in [5.74, 6) is -0.964. The number of aromatic nitrogens is 2. The van der Waals surface area contributed by atoms with Gasteiger partial charge in [0, 0.05) is 17.8 Å². The minimum absolute atomic E-state index is 0.317. The van der Waals surface area contributed by atoms with Gasteiger partial charge in [-0.1, -0.05) is 0 Å². The smallest absolute Gasteiger partial charge is 0.146 e. The fourth-order valence-electron chi connectivity index (χ4n) is 1.42. The molecule has 0 aliphatic rings. The van der Waals surface area contributed by atoms with Crippen LogP contribution < -0.4 is 5.73 Å². The van der Waals surface area contributed by atoms with E-state index in [1.807, 2.05) is 0 Å². The summed E-state index contributed by atoms with van der Waals surface area (Å²) < 4.78 is 27.3.